The van der Waals surface area contributed by atoms with Crippen LogP contribution >= 0.6 is 11.3 Å². The van der Waals surface area contributed by atoms with Crippen LogP contribution in [0.15, 0.2) is 0 Å². The quantitative estimate of drug-likeness (QED) is 0.530. The van der Waals surface area contributed by atoms with E-state index in [4.69, 9.17) is 16.1 Å². The van der Waals surface area contributed by atoms with Gasteiger partial charge < -0.3 is 19.8 Å². The Balaban J connectivity index is 2.04. The highest BCUT2D eigenvalue weighted by Gasteiger charge is 2.59. The average Bonchev–Trinajstić information content (AvgIpc) is 3.14. The maximum atomic E-state index is 13.0. The van der Waals surface area contributed by atoms with Gasteiger partial charge >= 0.3 is 0 Å². The van der Waals surface area contributed by atoms with Crippen LogP contribution in [0.25, 0.3) is 0 Å². The minimum atomic E-state index is -0.694. The van der Waals surface area contributed by atoms with Gasteiger partial charge in [0.15, 0.2) is 5.13 Å². The number of carbonyl (C=O) groups excluding carboxylic acids is 2. The summed E-state index contributed by atoms with van der Waals surface area (Å²) in [5.41, 5.74) is -0.223. The van der Waals surface area contributed by atoms with Crippen LogP contribution in [-0.4, -0.2) is 71.9 Å². The highest BCUT2D eigenvalue weighted by molar-refractivity contribution is 7.15. The second-order valence-electron chi connectivity index (χ2n) is 9.50. The van der Waals surface area contributed by atoms with Gasteiger partial charge in [0, 0.05) is 36.8 Å². The fourth-order valence-corrected chi connectivity index (χ4v) is 6.63. The number of aromatic nitrogens is 1. The van der Waals surface area contributed by atoms with Crippen LogP contribution in [0.3, 0.4) is 0 Å². The lowest BCUT2D eigenvalue weighted by Crippen LogP contribution is -2.57. The van der Waals surface area contributed by atoms with E-state index >= 15 is 0 Å². The van der Waals surface area contributed by atoms with Crippen molar-refractivity contribution >= 4 is 28.3 Å². The van der Waals surface area contributed by atoms with Gasteiger partial charge in [-0.1, -0.05) is 19.8 Å². The third kappa shape index (κ3) is 4.29. The predicted molar refractivity (Wildman–Crippen MR) is 122 cm³/mol. The molecule has 2 aliphatic carbocycles. The maximum Gasteiger partial charge on any atom is 0.252 e. The molecule has 3 rings (SSSR count). The first-order valence-corrected chi connectivity index (χ1v) is 11.7. The first kappa shape index (κ1) is 24.6. The topological polar surface area (TPSA) is 112 Å². The fourth-order valence-electron chi connectivity index (χ4n) is 5.54. The summed E-state index contributed by atoms with van der Waals surface area (Å²) in [6.45, 7) is 4.08. The molecule has 32 heavy (non-hydrogen) atoms. The van der Waals surface area contributed by atoms with Crippen molar-refractivity contribution in [3.63, 3.8) is 0 Å². The van der Waals surface area contributed by atoms with Gasteiger partial charge in [-0.3, -0.25) is 14.9 Å². The van der Waals surface area contributed by atoms with Gasteiger partial charge in [-0.15, -0.1) is 17.8 Å². The number of terminal acetylenes is 1. The molecule has 5 atom stereocenters. The van der Waals surface area contributed by atoms with Crippen molar-refractivity contribution in [2.45, 2.75) is 51.6 Å². The van der Waals surface area contributed by atoms with E-state index in [1.807, 2.05) is 6.92 Å². The Bertz CT molecular complexity index is 912. The fraction of sp³-hybridized carbons (Fsp3) is 0.696. The highest BCUT2D eigenvalue weighted by Crippen LogP contribution is 2.62. The number of fused-ring (bicyclic) bond motifs is 2. The Morgan fingerprint density at radius 1 is 1.44 bits per heavy atom. The molecule has 1 fully saturated rings. The minimum Gasteiger partial charge on any atom is -0.396 e. The van der Waals surface area contributed by atoms with Crippen LogP contribution in [0.1, 0.15) is 49.6 Å². The molecular weight excluding hydrogens is 430 g/mol. The molecule has 0 aliphatic heterocycles. The zero-order valence-electron chi connectivity index (χ0n) is 19.2. The van der Waals surface area contributed by atoms with Gasteiger partial charge in [-0.05, 0) is 30.6 Å². The first-order valence-electron chi connectivity index (χ1n) is 10.9. The summed E-state index contributed by atoms with van der Waals surface area (Å²) in [7, 11) is 3.14. The largest absolute Gasteiger partial charge is 0.396 e. The summed E-state index contributed by atoms with van der Waals surface area (Å²) < 4.78 is 4.89. The van der Waals surface area contributed by atoms with Gasteiger partial charge in [0.25, 0.3) is 5.91 Å². The normalized spacial score (nSPS) is 31.2. The molecule has 2 amide bonds. The molecule has 0 saturated heterocycles. The Kier molecular flexibility index (Phi) is 7.30. The van der Waals surface area contributed by atoms with Crippen molar-refractivity contribution < 1.29 is 24.5 Å². The number of carbonyl (C=O) groups is 2. The average molecular weight is 464 g/mol. The van der Waals surface area contributed by atoms with Crippen LogP contribution in [-0.2, 0) is 20.7 Å². The second-order valence-corrected chi connectivity index (χ2v) is 10.6. The monoisotopic (exact) mass is 463 g/mol. The predicted octanol–water partition coefficient (Wildman–Crippen LogP) is 1.63. The number of anilines is 1. The molecular formula is C23H33N3O5S. The van der Waals surface area contributed by atoms with Crippen LogP contribution in [0.4, 0.5) is 5.13 Å². The van der Waals surface area contributed by atoms with Crippen molar-refractivity contribution in [1.82, 2.24) is 9.88 Å². The number of nitrogens with one attached hydrogen (secondary N) is 1. The zero-order chi connectivity index (χ0) is 23.7. The Morgan fingerprint density at radius 3 is 2.78 bits per heavy atom. The molecule has 8 nitrogen and oxygen atoms in total. The summed E-state index contributed by atoms with van der Waals surface area (Å²) in [6, 6.07) is 0. The number of hydrogen-bond donors (Lipinski definition) is 3. The van der Waals surface area contributed by atoms with E-state index < -0.39 is 11.5 Å². The number of hydrogen-bond acceptors (Lipinski definition) is 7. The van der Waals surface area contributed by atoms with Gasteiger partial charge in [0.2, 0.25) is 5.91 Å². The maximum absolute atomic E-state index is 13.0. The Morgan fingerprint density at radius 2 is 2.16 bits per heavy atom. The standard InChI is InChI=1S/C23H33N3O5S/c1-6-9-26(4)19(30)10-14-20-15(32-21(25-20)24-18(29)12-31-5)11-16-22(14,2)8-7-17(28)23(16,3)13-27/h1,14,16-17,27-28H,7-13H2,2-5H3,(H,24,25,29). The van der Waals surface area contributed by atoms with Gasteiger partial charge in [0.1, 0.15) is 6.61 Å². The van der Waals surface area contributed by atoms with Crippen LogP contribution < -0.4 is 5.32 Å². The molecule has 0 aromatic carbocycles. The van der Waals surface area contributed by atoms with E-state index in [2.05, 4.69) is 18.2 Å². The number of rotatable bonds is 7. The lowest BCUT2D eigenvalue weighted by atomic mass is 9.47. The van der Waals surface area contributed by atoms with E-state index in [1.165, 1.54) is 23.3 Å². The van der Waals surface area contributed by atoms with Gasteiger partial charge in [-0.2, -0.15) is 0 Å². The van der Waals surface area contributed by atoms with Gasteiger partial charge in [-0.25, -0.2) is 4.98 Å². The summed E-state index contributed by atoms with van der Waals surface area (Å²) in [5, 5.41) is 24.3. The number of aliphatic hydroxyl groups is 2. The molecule has 1 aromatic rings. The van der Waals surface area contributed by atoms with Crippen LogP contribution in [0.2, 0.25) is 0 Å². The summed E-state index contributed by atoms with van der Waals surface area (Å²) in [4.78, 5) is 32.3. The third-order valence-electron chi connectivity index (χ3n) is 7.55. The SMILES string of the molecule is C#CCN(C)C(=O)CC1c2nc(NC(=O)COC)sc2CC2C(C)(CO)C(O)CCC12C. The molecule has 0 radical (unpaired) electrons. The van der Waals surface area contributed by atoms with Crippen molar-refractivity contribution in [2.75, 3.05) is 39.2 Å². The van der Waals surface area contributed by atoms with E-state index in [0.717, 1.165) is 10.6 Å². The molecule has 0 bridgehead atoms. The molecule has 1 aromatic heterocycles. The zero-order valence-corrected chi connectivity index (χ0v) is 20.0. The molecule has 9 heteroatoms. The van der Waals surface area contributed by atoms with E-state index in [1.54, 1.807) is 7.05 Å². The summed E-state index contributed by atoms with van der Waals surface area (Å²) in [6.07, 6.45) is 6.89. The number of methoxy groups -OCH3 is 1. The molecule has 3 N–H and O–H groups in total. The minimum absolute atomic E-state index is 0.0463. The molecule has 1 saturated carbocycles. The Labute approximate surface area is 193 Å². The number of amides is 2. The first-order chi connectivity index (χ1) is 15.1. The molecule has 5 unspecified atom stereocenters. The van der Waals surface area contributed by atoms with Crippen molar-refractivity contribution in [3.05, 3.63) is 10.6 Å². The number of aliphatic hydroxyl groups excluding tert-OH is 2. The summed E-state index contributed by atoms with van der Waals surface area (Å²) >= 11 is 1.39. The summed E-state index contributed by atoms with van der Waals surface area (Å²) in [5.74, 6) is 1.87. The second kappa shape index (κ2) is 9.48. The van der Waals surface area contributed by atoms with Crippen molar-refractivity contribution in [3.8, 4) is 12.3 Å². The molecule has 1 heterocycles. The highest BCUT2D eigenvalue weighted by atomic mass is 32.1. The van der Waals surface area contributed by atoms with E-state index in [-0.39, 0.29) is 55.2 Å². The van der Waals surface area contributed by atoms with Crippen molar-refractivity contribution in [1.29, 1.82) is 0 Å². The Hall–Kier alpha value is -1.99. The third-order valence-corrected chi connectivity index (χ3v) is 8.56. The number of nitrogens with zero attached hydrogens (tertiary/aromatic N) is 2. The molecule has 176 valence electrons. The molecule has 0 spiro atoms. The lowest BCUT2D eigenvalue weighted by Gasteiger charge is -2.58. The lowest BCUT2D eigenvalue weighted by molar-refractivity contribution is -0.146. The van der Waals surface area contributed by atoms with E-state index in [9.17, 15) is 19.8 Å². The van der Waals surface area contributed by atoms with Gasteiger partial charge in [0.05, 0.1) is 24.9 Å². The van der Waals surface area contributed by atoms with Crippen LogP contribution in [0.5, 0.6) is 0 Å². The molecule has 2 aliphatic rings. The number of thiazole rings is 1. The smallest absolute Gasteiger partial charge is 0.252 e. The van der Waals surface area contributed by atoms with Crippen molar-refractivity contribution in [2.24, 2.45) is 16.7 Å². The van der Waals surface area contributed by atoms with Crippen LogP contribution in [0, 0.1) is 29.1 Å². The van der Waals surface area contributed by atoms with E-state index in [0.29, 0.717) is 24.4 Å². The number of ether oxygens (including phenoxy) is 1.